The quantitative estimate of drug-likeness (QED) is 0.700. The molecule has 2 atom stereocenters. The Hall–Kier alpha value is -2.20. The van der Waals surface area contributed by atoms with Crippen molar-refractivity contribution in [3.63, 3.8) is 0 Å². The number of anilines is 1. The molecule has 4 heteroatoms. The van der Waals surface area contributed by atoms with Crippen LogP contribution in [0.25, 0.3) is 0 Å². The van der Waals surface area contributed by atoms with Gasteiger partial charge in [-0.2, -0.15) is 0 Å². The summed E-state index contributed by atoms with van der Waals surface area (Å²) in [5.41, 5.74) is 2.28. The molecule has 0 amide bonds. The molecule has 0 saturated carbocycles. The lowest BCUT2D eigenvalue weighted by Gasteiger charge is -2.19. The van der Waals surface area contributed by atoms with Gasteiger partial charge in [0.25, 0.3) is 0 Å². The second-order valence-corrected chi connectivity index (χ2v) is 6.82. The van der Waals surface area contributed by atoms with Gasteiger partial charge in [0.15, 0.2) is 0 Å². The minimum Gasteiger partial charge on any atom is -0.491 e. The van der Waals surface area contributed by atoms with Crippen LogP contribution in [0.2, 0.25) is 0 Å². The van der Waals surface area contributed by atoms with Crippen LogP contribution in [0.4, 0.5) is 5.69 Å². The number of ether oxygens (including phenoxy) is 3. The molecule has 0 aromatic heterocycles. The predicted octanol–water partition coefficient (Wildman–Crippen LogP) is 4.82. The SMILES string of the molecule is CCC(CNc1ccc(OCC2CCCO2)cc1)Oc1cccc(C)c1. The first-order chi connectivity index (χ1) is 12.7. The van der Waals surface area contributed by atoms with Gasteiger partial charge in [-0.05, 0) is 68.1 Å². The molecule has 0 spiro atoms. The third kappa shape index (κ3) is 5.67. The van der Waals surface area contributed by atoms with Gasteiger partial charge in [0.2, 0.25) is 0 Å². The summed E-state index contributed by atoms with van der Waals surface area (Å²) in [5, 5.41) is 3.45. The number of aryl methyl sites for hydroxylation is 1. The van der Waals surface area contributed by atoms with E-state index in [1.807, 2.05) is 36.4 Å². The standard InChI is InChI=1S/C22H29NO3/c1-3-19(26-21-7-4-6-17(2)14-21)15-23-18-9-11-20(12-10-18)25-16-22-8-5-13-24-22/h4,6-7,9-12,14,19,22-23H,3,5,8,13,15-16H2,1-2H3. The molecule has 2 unspecified atom stereocenters. The van der Waals surface area contributed by atoms with Crippen LogP contribution in [0.1, 0.15) is 31.7 Å². The third-order valence-electron chi connectivity index (χ3n) is 4.60. The second-order valence-electron chi connectivity index (χ2n) is 6.82. The lowest BCUT2D eigenvalue weighted by Crippen LogP contribution is -2.25. The van der Waals surface area contributed by atoms with E-state index >= 15 is 0 Å². The predicted molar refractivity (Wildman–Crippen MR) is 105 cm³/mol. The average Bonchev–Trinajstić information content (AvgIpc) is 3.18. The van der Waals surface area contributed by atoms with Crippen LogP contribution in [-0.2, 0) is 4.74 Å². The molecule has 0 bridgehead atoms. The summed E-state index contributed by atoms with van der Waals surface area (Å²) in [6.07, 6.45) is 3.56. The van der Waals surface area contributed by atoms with Crippen molar-refractivity contribution in [3.05, 3.63) is 54.1 Å². The number of hydrogen-bond donors (Lipinski definition) is 1. The Bertz CT molecular complexity index is 665. The zero-order chi connectivity index (χ0) is 18.2. The van der Waals surface area contributed by atoms with E-state index in [9.17, 15) is 0 Å². The van der Waals surface area contributed by atoms with Gasteiger partial charge < -0.3 is 19.5 Å². The van der Waals surface area contributed by atoms with Gasteiger partial charge in [-0.25, -0.2) is 0 Å². The van der Waals surface area contributed by atoms with Crippen LogP contribution in [0.15, 0.2) is 48.5 Å². The molecular weight excluding hydrogens is 326 g/mol. The minimum absolute atomic E-state index is 0.132. The Balaban J connectivity index is 1.45. The van der Waals surface area contributed by atoms with Gasteiger partial charge >= 0.3 is 0 Å². The van der Waals surface area contributed by atoms with Crippen LogP contribution in [0.3, 0.4) is 0 Å². The topological polar surface area (TPSA) is 39.7 Å². The first kappa shape index (κ1) is 18.6. The average molecular weight is 355 g/mol. The smallest absolute Gasteiger partial charge is 0.120 e. The lowest BCUT2D eigenvalue weighted by molar-refractivity contribution is 0.0679. The van der Waals surface area contributed by atoms with Gasteiger partial charge in [0.1, 0.15) is 24.2 Å². The minimum atomic E-state index is 0.132. The van der Waals surface area contributed by atoms with E-state index in [4.69, 9.17) is 14.2 Å². The summed E-state index contributed by atoms with van der Waals surface area (Å²) in [5.74, 6) is 1.81. The fraction of sp³-hybridized carbons (Fsp3) is 0.455. The van der Waals surface area contributed by atoms with Crippen LogP contribution in [0, 0.1) is 6.92 Å². The van der Waals surface area contributed by atoms with Gasteiger partial charge in [-0.3, -0.25) is 0 Å². The van der Waals surface area contributed by atoms with Crippen molar-refractivity contribution in [1.82, 2.24) is 0 Å². The molecule has 1 saturated heterocycles. The first-order valence-electron chi connectivity index (χ1n) is 9.54. The molecule has 1 heterocycles. The highest BCUT2D eigenvalue weighted by Gasteiger charge is 2.16. The molecule has 2 aromatic carbocycles. The Kier molecular flexibility index (Phi) is 6.78. The molecule has 1 fully saturated rings. The van der Waals surface area contributed by atoms with Crippen LogP contribution in [0.5, 0.6) is 11.5 Å². The second kappa shape index (κ2) is 9.48. The maximum atomic E-state index is 6.08. The molecule has 3 rings (SSSR count). The maximum absolute atomic E-state index is 6.08. The Morgan fingerprint density at radius 3 is 2.69 bits per heavy atom. The summed E-state index contributed by atoms with van der Waals surface area (Å²) in [7, 11) is 0. The van der Waals surface area contributed by atoms with Crippen molar-refractivity contribution in [2.75, 3.05) is 25.1 Å². The highest BCUT2D eigenvalue weighted by atomic mass is 16.5. The van der Waals surface area contributed by atoms with Gasteiger partial charge in [0.05, 0.1) is 12.6 Å². The first-order valence-corrected chi connectivity index (χ1v) is 9.54. The summed E-state index contributed by atoms with van der Waals surface area (Å²) in [4.78, 5) is 0. The number of benzene rings is 2. The maximum Gasteiger partial charge on any atom is 0.120 e. The van der Waals surface area contributed by atoms with Gasteiger partial charge in [0, 0.05) is 12.3 Å². The normalized spacial score (nSPS) is 17.7. The van der Waals surface area contributed by atoms with Crippen molar-refractivity contribution in [2.24, 2.45) is 0 Å². The van der Waals surface area contributed by atoms with E-state index in [0.717, 1.165) is 49.6 Å². The number of rotatable bonds is 9. The van der Waals surface area contributed by atoms with Crippen LogP contribution in [-0.4, -0.2) is 32.0 Å². The Morgan fingerprint density at radius 1 is 1.15 bits per heavy atom. The molecule has 1 aliphatic rings. The fourth-order valence-electron chi connectivity index (χ4n) is 3.02. The lowest BCUT2D eigenvalue weighted by atomic mass is 10.2. The zero-order valence-corrected chi connectivity index (χ0v) is 15.7. The van der Waals surface area contributed by atoms with Gasteiger partial charge in [-0.1, -0.05) is 19.1 Å². The summed E-state index contributed by atoms with van der Waals surface area (Å²) in [6.45, 7) is 6.48. The monoisotopic (exact) mass is 355 g/mol. The molecule has 0 aliphatic carbocycles. The van der Waals surface area contributed by atoms with Crippen molar-refractivity contribution in [2.45, 2.75) is 45.3 Å². The molecular formula is C22H29NO3. The summed E-state index contributed by atoms with van der Waals surface area (Å²) >= 11 is 0. The largest absolute Gasteiger partial charge is 0.491 e. The highest BCUT2D eigenvalue weighted by Crippen LogP contribution is 2.19. The fourth-order valence-corrected chi connectivity index (χ4v) is 3.02. The molecule has 2 aromatic rings. The third-order valence-corrected chi connectivity index (χ3v) is 4.60. The van der Waals surface area contributed by atoms with E-state index in [2.05, 4.69) is 31.3 Å². The van der Waals surface area contributed by atoms with E-state index in [1.165, 1.54) is 5.56 Å². The highest BCUT2D eigenvalue weighted by molar-refractivity contribution is 5.46. The molecule has 140 valence electrons. The Labute approximate surface area is 156 Å². The van der Waals surface area contributed by atoms with Crippen molar-refractivity contribution in [3.8, 4) is 11.5 Å². The summed E-state index contributed by atoms with van der Waals surface area (Å²) in [6, 6.07) is 16.3. The van der Waals surface area contributed by atoms with E-state index < -0.39 is 0 Å². The molecule has 26 heavy (non-hydrogen) atoms. The van der Waals surface area contributed by atoms with Crippen molar-refractivity contribution in [1.29, 1.82) is 0 Å². The molecule has 1 N–H and O–H groups in total. The van der Waals surface area contributed by atoms with Crippen LogP contribution < -0.4 is 14.8 Å². The number of hydrogen-bond acceptors (Lipinski definition) is 4. The summed E-state index contributed by atoms with van der Waals surface area (Å²) < 4.78 is 17.5. The van der Waals surface area contributed by atoms with E-state index in [1.54, 1.807) is 0 Å². The Morgan fingerprint density at radius 2 is 2.00 bits per heavy atom. The zero-order valence-electron chi connectivity index (χ0n) is 15.7. The van der Waals surface area contributed by atoms with E-state index in [-0.39, 0.29) is 12.2 Å². The molecule has 4 nitrogen and oxygen atoms in total. The molecule has 1 aliphatic heterocycles. The van der Waals surface area contributed by atoms with E-state index in [0.29, 0.717) is 6.61 Å². The molecule has 0 radical (unpaired) electrons. The van der Waals surface area contributed by atoms with Crippen molar-refractivity contribution < 1.29 is 14.2 Å². The van der Waals surface area contributed by atoms with Crippen molar-refractivity contribution >= 4 is 5.69 Å². The van der Waals surface area contributed by atoms with Gasteiger partial charge in [-0.15, -0.1) is 0 Å². The van der Waals surface area contributed by atoms with Crippen LogP contribution >= 0.6 is 0 Å². The number of nitrogens with one attached hydrogen (secondary N) is 1.